The van der Waals surface area contributed by atoms with Gasteiger partial charge in [0.05, 0.1) is 5.41 Å². The molecule has 0 radical (unpaired) electrons. The second-order valence-electron chi connectivity index (χ2n) is 16.2. The van der Waals surface area contributed by atoms with Gasteiger partial charge in [-0.2, -0.15) is 0 Å². The lowest BCUT2D eigenvalue weighted by molar-refractivity contribution is -0.270. The van der Waals surface area contributed by atoms with Crippen LogP contribution in [0.5, 0.6) is 0 Å². The number of esters is 2. The van der Waals surface area contributed by atoms with Crippen LogP contribution in [0.2, 0.25) is 0 Å². The maximum atomic E-state index is 14.7. The fourth-order valence-corrected chi connectivity index (χ4v) is 11.9. The fourth-order valence-electron chi connectivity index (χ4n) is 11.9. The number of hydrogen-bond acceptors (Lipinski definition) is 5. The second-order valence-corrected chi connectivity index (χ2v) is 16.2. The number of hydrogen-bond donors (Lipinski definition) is 0. The van der Waals surface area contributed by atoms with Crippen molar-refractivity contribution in [3.63, 3.8) is 0 Å². The summed E-state index contributed by atoms with van der Waals surface area (Å²) in [4.78, 5) is 40.3. The largest absolute Gasteiger partial charge is 0.462 e. The molecule has 6 aliphatic rings. The predicted molar refractivity (Wildman–Crippen MR) is 140 cm³/mol. The van der Waals surface area contributed by atoms with E-state index < -0.39 is 11.0 Å². The molecule has 5 nitrogen and oxygen atoms in total. The molecule has 1 spiro atoms. The molecule has 0 amide bonds. The van der Waals surface area contributed by atoms with Crippen molar-refractivity contribution in [2.24, 2.45) is 50.2 Å². The minimum atomic E-state index is -0.973. The van der Waals surface area contributed by atoms with Crippen molar-refractivity contribution in [2.75, 3.05) is 0 Å². The van der Waals surface area contributed by atoms with Gasteiger partial charge in [0.1, 0.15) is 6.10 Å². The van der Waals surface area contributed by atoms with Crippen LogP contribution in [0, 0.1) is 50.2 Å². The Bertz CT molecular complexity index is 1080. The molecule has 0 aromatic carbocycles. The number of ether oxygens (including phenoxy) is 2. The molecule has 2 bridgehead atoms. The molecule has 9 atom stereocenters. The van der Waals surface area contributed by atoms with Crippen LogP contribution in [-0.2, 0) is 23.9 Å². The van der Waals surface area contributed by atoms with Gasteiger partial charge < -0.3 is 9.47 Å². The summed E-state index contributed by atoms with van der Waals surface area (Å²) in [6.45, 7) is 17.9. The zero-order chi connectivity index (χ0) is 27.0. The number of carbonyl (C=O) groups excluding carboxylic acids is 3. The summed E-state index contributed by atoms with van der Waals surface area (Å²) in [6, 6.07) is 0. The van der Waals surface area contributed by atoms with E-state index in [2.05, 4.69) is 48.5 Å². The van der Waals surface area contributed by atoms with E-state index in [1.54, 1.807) is 0 Å². The van der Waals surface area contributed by atoms with Crippen LogP contribution in [0.15, 0.2) is 0 Å². The molecule has 5 saturated carbocycles. The summed E-state index contributed by atoms with van der Waals surface area (Å²) in [5.74, 6) is 0.550. The first-order valence-electron chi connectivity index (χ1n) is 14.9. The van der Waals surface area contributed by atoms with Crippen molar-refractivity contribution in [1.29, 1.82) is 0 Å². The summed E-state index contributed by atoms with van der Waals surface area (Å²) in [5.41, 5.74) is -1.93. The van der Waals surface area contributed by atoms with Crippen LogP contribution in [0.3, 0.4) is 0 Å². The highest BCUT2D eigenvalue weighted by molar-refractivity contribution is 5.98. The van der Waals surface area contributed by atoms with E-state index in [9.17, 15) is 14.4 Å². The molecule has 1 heterocycles. The Morgan fingerprint density at radius 3 is 2.19 bits per heavy atom. The van der Waals surface area contributed by atoms with Crippen molar-refractivity contribution < 1.29 is 23.9 Å². The van der Waals surface area contributed by atoms with Crippen LogP contribution in [0.1, 0.15) is 120 Å². The standard InChI is InChI=1S/C32H48O5/c1-19(33)36-24-10-11-28(6)20(27(24,4)5)9-12-29(7)21(28)17-23(34)32-22-18-26(2,3)13-15-31(22,25(35)37-32)16-14-30(29,32)8/h20-22,24H,9-18H2,1-8H3/t20-,21+,22+,24-,28-,29+,30-,31-,32+/m0/s1. The van der Waals surface area contributed by atoms with Gasteiger partial charge in [-0.15, -0.1) is 0 Å². The molecule has 0 aromatic rings. The topological polar surface area (TPSA) is 69.7 Å². The lowest BCUT2D eigenvalue weighted by atomic mass is 9.30. The third-order valence-corrected chi connectivity index (χ3v) is 14.1. The molecular formula is C32H48O5. The molecule has 1 saturated heterocycles. The predicted octanol–water partition coefficient (Wildman–Crippen LogP) is 6.66. The van der Waals surface area contributed by atoms with E-state index in [1.807, 2.05) is 0 Å². The minimum Gasteiger partial charge on any atom is -0.462 e. The molecule has 6 fully saturated rings. The van der Waals surface area contributed by atoms with E-state index in [-0.39, 0.29) is 62.7 Å². The molecule has 5 aliphatic carbocycles. The van der Waals surface area contributed by atoms with Gasteiger partial charge in [-0.3, -0.25) is 14.4 Å². The zero-order valence-corrected chi connectivity index (χ0v) is 24.4. The smallest absolute Gasteiger partial charge is 0.313 e. The van der Waals surface area contributed by atoms with E-state index in [4.69, 9.17) is 9.47 Å². The van der Waals surface area contributed by atoms with Crippen LogP contribution < -0.4 is 0 Å². The van der Waals surface area contributed by atoms with Crippen molar-refractivity contribution in [1.82, 2.24) is 0 Å². The average Bonchev–Trinajstić information content (AvgIpc) is 2.97. The normalized spacial score (nSPS) is 53.2. The third kappa shape index (κ3) is 2.80. The lowest BCUT2D eigenvalue weighted by Gasteiger charge is -2.73. The Balaban J connectivity index is 1.44. The van der Waals surface area contributed by atoms with Gasteiger partial charge >= 0.3 is 11.9 Å². The Labute approximate surface area is 223 Å². The maximum Gasteiger partial charge on any atom is 0.313 e. The van der Waals surface area contributed by atoms with Gasteiger partial charge in [-0.05, 0) is 85.9 Å². The third-order valence-electron chi connectivity index (χ3n) is 14.1. The number of ketones is 1. The van der Waals surface area contributed by atoms with E-state index in [0.717, 1.165) is 57.8 Å². The number of carbonyl (C=O) groups is 3. The average molecular weight is 513 g/mol. The van der Waals surface area contributed by atoms with Crippen molar-refractivity contribution in [2.45, 2.75) is 131 Å². The Kier molecular flexibility index (Phi) is 5.04. The molecule has 0 aromatic heterocycles. The van der Waals surface area contributed by atoms with Gasteiger partial charge in [-0.1, -0.05) is 48.5 Å². The number of rotatable bonds is 1. The van der Waals surface area contributed by atoms with Crippen molar-refractivity contribution in [3.8, 4) is 0 Å². The minimum absolute atomic E-state index is 0.00180. The Hall–Kier alpha value is -1.39. The molecule has 1 aliphatic heterocycles. The molecule has 6 rings (SSSR count). The highest BCUT2D eigenvalue weighted by Crippen LogP contribution is 2.80. The Morgan fingerprint density at radius 1 is 0.838 bits per heavy atom. The van der Waals surface area contributed by atoms with Gasteiger partial charge in [0, 0.05) is 30.1 Å². The first-order chi connectivity index (χ1) is 17.0. The summed E-state index contributed by atoms with van der Waals surface area (Å²) in [5, 5.41) is 0. The second kappa shape index (κ2) is 7.22. The summed E-state index contributed by atoms with van der Waals surface area (Å²) in [6.07, 6.45) is 8.87. The first-order valence-corrected chi connectivity index (χ1v) is 14.9. The van der Waals surface area contributed by atoms with E-state index in [0.29, 0.717) is 12.3 Å². The summed E-state index contributed by atoms with van der Waals surface area (Å²) < 4.78 is 12.4. The summed E-state index contributed by atoms with van der Waals surface area (Å²) >= 11 is 0. The lowest BCUT2D eigenvalue weighted by Crippen LogP contribution is -2.75. The van der Waals surface area contributed by atoms with Crippen LogP contribution in [0.4, 0.5) is 0 Å². The zero-order valence-electron chi connectivity index (χ0n) is 24.4. The first kappa shape index (κ1) is 25.9. The molecule has 0 unspecified atom stereocenters. The van der Waals surface area contributed by atoms with Crippen molar-refractivity contribution in [3.05, 3.63) is 0 Å². The van der Waals surface area contributed by atoms with Crippen LogP contribution >= 0.6 is 0 Å². The fraction of sp³-hybridized carbons (Fsp3) is 0.906. The molecule has 0 N–H and O–H groups in total. The van der Waals surface area contributed by atoms with Crippen LogP contribution in [0.25, 0.3) is 0 Å². The van der Waals surface area contributed by atoms with Crippen LogP contribution in [-0.4, -0.2) is 29.4 Å². The van der Waals surface area contributed by atoms with Gasteiger partial charge in [-0.25, -0.2) is 0 Å². The van der Waals surface area contributed by atoms with Gasteiger partial charge in [0.25, 0.3) is 0 Å². The maximum absolute atomic E-state index is 14.7. The highest BCUT2D eigenvalue weighted by atomic mass is 16.6. The number of Topliss-reactive ketones (excluding diaryl/α,β-unsaturated/α-hetero) is 1. The monoisotopic (exact) mass is 512 g/mol. The number of fused-ring (bicyclic) bond motifs is 4. The SMILES string of the molecule is CC(=O)O[C@H]1CC[C@]2(C)[C@H]3CC(=O)[C@]45OC(=O)[C@@]6(CCC(C)(C)C[C@H]64)CC[C@@]5(C)[C@]3(C)CC[C@H]2C1(C)C. The quantitative estimate of drug-likeness (QED) is 0.368. The van der Waals surface area contributed by atoms with E-state index in [1.165, 1.54) is 6.92 Å². The Morgan fingerprint density at radius 2 is 1.51 bits per heavy atom. The molecule has 206 valence electrons. The van der Waals surface area contributed by atoms with Gasteiger partial charge in [0.2, 0.25) is 0 Å². The molecule has 37 heavy (non-hydrogen) atoms. The van der Waals surface area contributed by atoms with E-state index >= 15 is 0 Å². The van der Waals surface area contributed by atoms with Gasteiger partial charge in [0.15, 0.2) is 11.4 Å². The van der Waals surface area contributed by atoms with Crippen molar-refractivity contribution >= 4 is 17.7 Å². The molecule has 5 heteroatoms. The summed E-state index contributed by atoms with van der Waals surface area (Å²) in [7, 11) is 0. The highest BCUT2D eigenvalue weighted by Gasteiger charge is 2.83. The molecular weight excluding hydrogens is 464 g/mol.